The Balaban J connectivity index is 1.82. The third kappa shape index (κ3) is 4.13. The van der Waals surface area contributed by atoms with Crippen LogP contribution in [-0.4, -0.2) is 25.0 Å². The van der Waals surface area contributed by atoms with E-state index in [9.17, 15) is 18.3 Å². The minimum Gasteiger partial charge on any atom is -0.508 e. The van der Waals surface area contributed by atoms with Crippen molar-refractivity contribution in [3.05, 3.63) is 101 Å². The number of fused-ring (bicyclic) bond motifs is 1. The van der Waals surface area contributed by atoms with Crippen LogP contribution in [0.2, 0.25) is 0 Å². The predicted molar refractivity (Wildman–Crippen MR) is 120 cm³/mol. The summed E-state index contributed by atoms with van der Waals surface area (Å²) in [6.45, 7) is 3.62. The number of aromatic hydroxyl groups is 1. The number of phenolic OH excluding ortho intramolecular Hbond substituents is 1. The molecule has 3 aromatic carbocycles. The number of nitrogens with one attached hydrogen (secondary N) is 1. The predicted octanol–water partition coefficient (Wildman–Crippen LogP) is 4.38. The largest absolute Gasteiger partial charge is 0.508 e. The standard InChI is InChI=1S/C24H20N2O4S/c1-15-7-12-23(16(2)13-15)31(29,30)26-21-14-22(25-17-8-10-18(27)11-9-17)24(28)20-6-4-3-5-19(20)21/h3-14,25,27H,1-2H3/b26-21-. The van der Waals surface area contributed by atoms with Gasteiger partial charge in [-0.2, -0.15) is 12.8 Å². The molecule has 0 heterocycles. The van der Waals surface area contributed by atoms with Gasteiger partial charge in [-0.05, 0) is 55.8 Å². The van der Waals surface area contributed by atoms with Gasteiger partial charge in [0.15, 0.2) is 0 Å². The first-order chi connectivity index (χ1) is 14.7. The van der Waals surface area contributed by atoms with Gasteiger partial charge in [0.1, 0.15) is 5.75 Å². The van der Waals surface area contributed by atoms with E-state index in [0.717, 1.165) is 5.56 Å². The zero-order valence-corrected chi connectivity index (χ0v) is 17.8. The number of Topliss-reactive ketones (excluding diaryl/α,β-unsaturated/α-hetero) is 1. The van der Waals surface area contributed by atoms with Crippen molar-refractivity contribution in [2.45, 2.75) is 18.7 Å². The monoisotopic (exact) mass is 432 g/mol. The second kappa shape index (κ2) is 7.85. The van der Waals surface area contributed by atoms with Crippen LogP contribution in [0.3, 0.4) is 0 Å². The molecule has 6 nitrogen and oxygen atoms in total. The zero-order valence-electron chi connectivity index (χ0n) is 17.0. The molecule has 7 heteroatoms. The highest BCUT2D eigenvalue weighted by Crippen LogP contribution is 2.26. The lowest BCUT2D eigenvalue weighted by Crippen LogP contribution is -2.22. The summed E-state index contributed by atoms with van der Waals surface area (Å²) in [5, 5.41) is 12.5. The van der Waals surface area contributed by atoms with Crippen LogP contribution in [0.25, 0.3) is 0 Å². The Morgan fingerprint density at radius 2 is 1.58 bits per heavy atom. The lowest BCUT2D eigenvalue weighted by atomic mass is 9.92. The summed E-state index contributed by atoms with van der Waals surface area (Å²) >= 11 is 0. The van der Waals surface area contributed by atoms with Gasteiger partial charge >= 0.3 is 0 Å². The average molecular weight is 433 g/mol. The highest BCUT2D eigenvalue weighted by molar-refractivity contribution is 7.90. The van der Waals surface area contributed by atoms with Gasteiger partial charge in [-0.3, -0.25) is 4.79 Å². The van der Waals surface area contributed by atoms with Gasteiger partial charge in [0.25, 0.3) is 10.0 Å². The van der Waals surface area contributed by atoms with Gasteiger partial charge in [-0.25, -0.2) is 0 Å². The molecule has 4 rings (SSSR count). The summed E-state index contributed by atoms with van der Waals surface area (Å²) in [5.74, 6) is -0.173. The SMILES string of the molecule is Cc1ccc(S(=O)(=O)/N=C2/C=C(Nc3ccc(O)cc3)C(=O)c3ccccc32)c(C)c1. The topological polar surface area (TPSA) is 95.8 Å². The first-order valence-corrected chi connectivity index (χ1v) is 11.0. The van der Waals surface area contributed by atoms with E-state index in [4.69, 9.17) is 0 Å². The Kier molecular flexibility index (Phi) is 5.20. The van der Waals surface area contributed by atoms with Gasteiger partial charge < -0.3 is 10.4 Å². The highest BCUT2D eigenvalue weighted by Gasteiger charge is 2.26. The fourth-order valence-electron chi connectivity index (χ4n) is 3.47. The average Bonchev–Trinajstić information content (AvgIpc) is 2.72. The van der Waals surface area contributed by atoms with Crippen LogP contribution >= 0.6 is 0 Å². The molecule has 0 amide bonds. The van der Waals surface area contributed by atoms with E-state index in [1.54, 1.807) is 61.5 Å². The van der Waals surface area contributed by atoms with Gasteiger partial charge in [-0.15, -0.1) is 0 Å². The van der Waals surface area contributed by atoms with Crippen LogP contribution in [0, 0.1) is 13.8 Å². The number of allylic oxidation sites excluding steroid dienone is 2. The molecule has 0 atom stereocenters. The minimum absolute atomic E-state index is 0.0988. The zero-order chi connectivity index (χ0) is 22.2. The maximum atomic E-state index is 13.1. The Morgan fingerprint density at radius 1 is 0.903 bits per heavy atom. The maximum absolute atomic E-state index is 13.1. The second-order valence-electron chi connectivity index (χ2n) is 7.33. The van der Waals surface area contributed by atoms with E-state index in [0.29, 0.717) is 22.4 Å². The molecule has 0 fully saturated rings. The lowest BCUT2D eigenvalue weighted by Gasteiger charge is -2.19. The number of carbonyl (C=O) groups is 1. The van der Waals surface area contributed by atoms with E-state index in [1.165, 1.54) is 18.2 Å². The molecular formula is C24H20N2O4S. The summed E-state index contributed by atoms with van der Waals surface area (Å²) < 4.78 is 30.2. The molecule has 0 saturated heterocycles. The van der Waals surface area contributed by atoms with Crippen molar-refractivity contribution in [3.8, 4) is 5.75 Å². The highest BCUT2D eigenvalue weighted by atomic mass is 32.2. The number of ketones is 1. The summed E-state index contributed by atoms with van der Waals surface area (Å²) in [5.41, 5.74) is 3.33. The van der Waals surface area contributed by atoms with Crippen molar-refractivity contribution in [3.63, 3.8) is 0 Å². The van der Waals surface area contributed by atoms with E-state index in [1.807, 2.05) is 6.92 Å². The maximum Gasteiger partial charge on any atom is 0.283 e. The molecule has 0 aliphatic heterocycles. The van der Waals surface area contributed by atoms with Crippen molar-refractivity contribution >= 4 is 27.2 Å². The second-order valence-corrected chi connectivity index (χ2v) is 8.90. The molecule has 0 aromatic heterocycles. The lowest BCUT2D eigenvalue weighted by molar-refractivity contribution is 0.103. The Morgan fingerprint density at radius 3 is 2.26 bits per heavy atom. The van der Waals surface area contributed by atoms with Crippen LogP contribution in [0.1, 0.15) is 27.0 Å². The van der Waals surface area contributed by atoms with Crippen LogP contribution < -0.4 is 5.32 Å². The molecule has 3 aromatic rings. The molecular weight excluding hydrogens is 412 g/mol. The summed E-state index contributed by atoms with van der Waals surface area (Å²) in [6.07, 6.45) is 1.44. The molecule has 0 radical (unpaired) electrons. The number of phenols is 1. The van der Waals surface area contributed by atoms with Crippen LogP contribution in [0.5, 0.6) is 5.75 Å². The van der Waals surface area contributed by atoms with Crippen LogP contribution in [0.15, 0.2) is 87.8 Å². The summed E-state index contributed by atoms with van der Waals surface area (Å²) in [4.78, 5) is 13.1. The van der Waals surface area contributed by atoms with Crippen molar-refractivity contribution in [2.75, 3.05) is 5.32 Å². The summed E-state index contributed by atoms with van der Waals surface area (Å²) in [7, 11) is -4.00. The minimum atomic E-state index is -4.00. The smallest absolute Gasteiger partial charge is 0.283 e. The van der Waals surface area contributed by atoms with Gasteiger partial charge in [0.05, 0.1) is 16.3 Å². The first-order valence-electron chi connectivity index (χ1n) is 9.59. The number of rotatable bonds is 4. The van der Waals surface area contributed by atoms with E-state index in [2.05, 4.69) is 9.71 Å². The number of carbonyl (C=O) groups excluding carboxylic acids is 1. The normalized spacial score (nSPS) is 14.8. The molecule has 0 bridgehead atoms. The van der Waals surface area contributed by atoms with Gasteiger partial charge in [0, 0.05) is 16.8 Å². The van der Waals surface area contributed by atoms with Crippen molar-refractivity contribution in [1.29, 1.82) is 0 Å². The number of hydrogen-bond donors (Lipinski definition) is 2. The quantitative estimate of drug-likeness (QED) is 0.597. The van der Waals surface area contributed by atoms with E-state index in [-0.39, 0.29) is 27.8 Å². The third-order valence-corrected chi connectivity index (χ3v) is 6.40. The summed E-state index contributed by atoms with van der Waals surface area (Å²) in [6, 6.07) is 18.1. The molecule has 1 aliphatic carbocycles. The fraction of sp³-hybridized carbons (Fsp3) is 0.0833. The van der Waals surface area contributed by atoms with Crippen molar-refractivity contribution in [1.82, 2.24) is 0 Å². The van der Waals surface area contributed by atoms with Crippen LogP contribution in [0.4, 0.5) is 5.69 Å². The number of aryl methyl sites for hydroxylation is 2. The number of hydrogen-bond acceptors (Lipinski definition) is 5. The van der Waals surface area contributed by atoms with E-state index >= 15 is 0 Å². The van der Waals surface area contributed by atoms with Crippen molar-refractivity contribution < 1.29 is 18.3 Å². The Hall–Kier alpha value is -3.71. The van der Waals surface area contributed by atoms with Gasteiger partial charge in [0.2, 0.25) is 5.78 Å². The molecule has 156 valence electrons. The van der Waals surface area contributed by atoms with Crippen molar-refractivity contribution in [2.24, 2.45) is 4.40 Å². The Labute approximate surface area is 180 Å². The van der Waals surface area contributed by atoms with E-state index < -0.39 is 10.0 Å². The molecule has 31 heavy (non-hydrogen) atoms. The molecule has 1 aliphatic rings. The Bertz CT molecular complexity index is 1350. The fourth-order valence-corrected chi connectivity index (χ4v) is 4.68. The van der Waals surface area contributed by atoms with Gasteiger partial charge in [-0.1, -0.05) is 42.0 Å². The molecule has 0 spiro atoms. The number of anilines is 1. The first kappa shape index (κ1) is 20.6. The molecule has 0 unspecified atom stereocenters. The number of benzene rings is 3. The molecule has 2 N–H and O–H groups in total. The molecule has 0 saturated carbocycles. The third-order valence-electron chi connectivity index (χ3n) is 4.95. The van der Waals surface area contributed by atoms with Crippen LogP contribution in [-0.2, 0) is 10.0 Å². The number of nitrogens with zero attached hydrogens (tertiary/aromatic N) is 1. The number of sulfonamides is 1.